The van der Waals surface area contributed by atoms with Gasteiger partial charge in [-0.2, -0.15) is 0 Å². The van der Waals surface area contributed by atoms with Gasteiger partial charge in [-0.3, -0.25) is 9.59 Å². The molecular weight excluding hydrogens is 307 g/mol. The summed E-state index contributed by atoms with van der Waals surface area (Å²) in [5, 5.41) is 5.88. The number of carbonyl (C=O) groups is 2. The Labute approximate surface area is 143 Å². The molecule has 4 nitrogen and oxygen atoms in total. The largest absolute Gasteiger partial charge is 0.352 e. The Bertz CT molecular complexity index is 549. The Hall–Kier alpha value is -1.91. The summed E-state index contributed by atoms with van der Waals surface area (Å²) < 4.78 is 13.0. The highest BCUT2D eigenvalue weighted by molar-refractivity contribution is 5.97. The predicted octanol–water partition coefficient (Wildman–Crippen LogP) is 3.42. The van der Waals surface area contributed by atoms with E-state index >= 15 is 0 Å². The van der Waals surface area contributed by atoms with Crippen LogP contribution < -0.4 is 10.6 Å². The summed E-state index contributed by atoms with van der Waals surface area (Å²) in [4.78, 5) is 24.9. The third-order valence-electron chi connectivity index (χ3n) is 4.54. The molecule has 24 heavy (non-hydrogen) atoms. The normalized spacial score (nSPS) is 17.2. The molecule has 1 aromatic rings. The van der Waals surface area contributed by atoms with Gasteiger partial charge in [0.05, 0.1) is 0 Å². The van der Waals surface area contributed by atoms with Gasteiger partial charge in [0, 0.05) is 11.6 Å². The molecule has 2 N–H and O–H groups in total. The zero-order valence-corrected chi connectivity index (χ0v) is 14.5. The van der Waals surface area contributed by atoms with E-state index in [1.54, 1.807) is 0 Å². The number of rotatable bonds is 5. The molecule has 0 spiro atoms. The van der Waals surface area contributed by atoms with Crippen molar-refractivity contribution in [2.45, 2.75) is 64.5 Å². The minimum absolute atomic E-state index is 0.0276. The molecule has 1 aliphatic rings. The third-order valence-corrected chi connectivity index (χ3v) is 4.54. The summed E-state index contributed by atoms with van der Waals surface area (Å²) in [5.74, 6) is -0.907. The van der Waals surface area contributed by atoms with Gasteiger partial charge in [-0.1, -0.05) is 39.5 Å². The lowest BCUT2D eigenvalue weighted by Crippen LogP contribution is -2.52. The third kappa shape index (κ3) is 5.32. The summed E-state index contributed by atoms with van der Waals surface area (Å²) in [6, 6.07) is 4.93. The van der Waals surface area contributed by atoms with Gasteiger partial charge >= 0.3 is 0 Å². The van der Waals surface area contributed by atoms with Crippen LogP contribution in [0.2, 0.25) is 0 Å². The molecule has 1 fully saturated rings. The van der Waals surface area contributed by atoms with Crippen molar-refractivity contribution in [2.24, 2.45) is 5.92 Å². The first kappa shape index (κ1) is 18.4. The zero-order chi connectivity index (χ0) is 17.5. The lowest BCUT2D eigenvalue weighted by Gasteiger charge is -2.25. The average Bonchev–Trinajstić information content (AvgIpc) is 2.81. The van der Waals surface area contributed by atoms with Crippen molar-refractivity contribution in [2.75, 3.05) is 0 Å². The van der Waals surface area contributed by atoms with Crippen molar-refractivity contribution >= 4 is 11.8 Å². The van der Waals surface area contributed by atoms with E-state index in [9.17, 15) is 14.0 Å². The molecule has 1 atom stereocenters. The van der Waals surface area contributed by atoms with Crippen LogP contribution in [0.25, 0.3) is 0 Å². The Kier molecular flexibility index (Phi) is 6.76. The van der Waals surface area contributed by atoms with Gasteiger partial charge in [-0.15, -0.1) is 0 Å². The maximum absolute atomic E-state index is 13.0. The fourth-order valence-corrected chi connectivity index (χ4v) is 3.08. The highest BCUT2D eigenvalue weighted by Gasteiger charge is 2.26. The van der Waals surface area contributed by atoms with Crippen molar-refractivity contribution < 1.29 is 14.0 Å². The first-order valence-corrected chi connectivity index (χ1v) is 8.84. The molecule has 1 aromatic carbocycles. The second-order valence-corrected chi connectivity index (χ2v) is 6.90. The molecule has 1 saturated carbocycles. The van der Waals surface area contributed by atoms with Crippen LogP contribution in [-0.4, -0.2) is 23.9 Å². The maximum Gasteiger partial charge on any atom is 0.251 e. The first-order valence-electron chi connectivity index (χ1n) is 8.84. The number of carbonyl (C=O) groups excluding carboxylic acids is 2. The van der Waals surface area contributed by atoms with E-state index in [-0.39, 0.29) is 23.8 Å². The van der Waals surface area contributed by atoms with Gasteiger partial charge in [0.25, 0.3) is 5.91 Å². The van der Waals surface area contributed by atoms with Crippen molar-refractivity contribution in [3.63, 3.8) is 0 Å². The van der Waals surface area contributed by atoms with E-state index in [2.05, 4.69) is 10.6 Å². The van der Waals surface area contributed by atoms with Crippen LogP contribution in [0.5, 0.6) is 0 Å². The van der Waals surface area contributed by atoms with Crippen LogP contribution >= 0.6 is 0 Å². The van der Waals surface area contributed by atoms with Crippen molar-refractivity contribution in [1.82, 2.24) is 10.6 Å². The molecule has 0 aliphatic heterocycles. The number of amides is 2. The van der Waals surface area contributed by atoms with Crippen LogP contribution in [0.3, 0.4) is 0 Å². The molecule has 132 valence electrons. The second kappa shape index (κ2) is 8.81. The van der Waals surface area contributed by atoms with Gasteiger partial charge in [0.1, 0.15) is 11.9 Å². The van der Waals surface area contributed by atoms with Crippen LogP contribution in [0, 0.1) is 11.7 Å². The summed E-state index contributed by atoms with van der Waals surface area (Å²) in [6.45, 7) is 3.81. The van der Waals surface area contributed by atoms with E-state index in [1.807, 2.05) is 13.8 Å². The van der Waals surface area contributed by atoms with Gasteiger partial charge < -0.3 is 10.6 Å². The Morgan fingerprint density at radius 2 is 1.62 bits per heavy atom. The number of benzene rings is 1. The smallest absolute Gasteiger partial charge is 0.251 e. The summed E-state index contributed by atoms with van der Waals surface area (Å²) in [6.07, 6.45) is 6.73. The molecule has 0 radical (unpaired) electrons. The predicted molar refractivity (Wildman–Crippen MR) is 92.1 cm³/mol. The topological polar surface area (TPSA) is 58.2 Å². The minimum Gasteiger partial charge on any atom is -0.352 e. The lowest BCUT2D eigenvalue weighted by molar-refractivity contribution is -0.124. The molecule has 1 aliphatic carbocycles. The fourth-order valence-electron chi connectivity index (χ4n) is 3.08. The van der Waals surface area contributed by atoms with Crippen molar-refractivity contribution in [1.29, 1.82) is 0 Å². The highest BCUT2D eigenvalue weighted by Crippen LogP contribution is 2.17. The summed E-state index contributed by atoms with van der Waals surface area (Å²) in [7, 11) is 0. The minimum atomic E-state index is -0.592. The van der Waals surface area contributed by atoms with Crippen LogP contribution in [0.4, 0.5) is 4.39 Å². The van der Waals surface area contributed by atoms with Gasteiger partial charge in [-0.05, 0) is 43.0 Å². The van der Waals surface area contributed by atoms with Crippen LogP contribution in [0.1, 0.15) is 62.7 Å². The summed E-state index contributed by atoms with van der Waals surface area (Å²) >= 11 is 0. The van der Waals surface area contributed by atoms with E-state index < -0.39 is 11.9 Å². The van der Waals surface area contributed by atoms with Crippen molar-refractivity contribution in [3.8, 4) is 0 Å². The number of nitrogens with one attached hydrogen (secondary N) is 2. The first-order chi connectivity index (χ1) is 11.5. The van der Waals surface area contributed by atoms with Gasteiger partial charge in [0.2, 0.25) is 5.91 Å². The monoisotopic (exact) mass is 334 g/mol. The molecular formula is C19H27FN2O2. The maximum atomic E-state index is 13.0. The van der Waals surface area contributed by atoms with E-state index in [0.29, 0.717) is 5.56 Å². The Morgan fingerprint density at radius 3 is 2.17 bits per heavy atom. The lowest BCUT2D eigenvalue weighted by atomic mass is 10.0. The molecule has 0 saturated heterocycles. The Morgan fingerprint density at radius 1 is 1.04 bits per heavy atom. The molecule has 0 bridgehead atoms. The molecule has 2 amide bonds. The molecule has 2 rings (SSSR count). The second-order valence-electron chi connectivity index (χ2n) is 6.90. The van der Waals surface area contributed by atoms with Crippen LogP contribution in [0.15, 0.2) is 24.3 Å². The quantitative estimate of drug-likeness (QED) is 0.811. The number of hydrogen-bond donors (Lipinski definition) is 2. The molecule has 0 heterocycles. The number of halogens is 1. The van der Waals surface area contributed by atoms with Crippen LogP contribution in [-0.2, 0) is 4.79 Å². The van der Waals surface area contributed by atoms with Crippen molar-refractivity contribution in [3.05, 3.63) is 35.6 Å². The SMILES string of the molecule is CC(C)C(NC(=O)c1ccc(F)cc1)C(=O)NC1CCCCCC1. The molecule has 0 aromatic heterocycles. The summed E-state index contributed by atoms with van der Waals surface area (Å²) in [5.41, 5.74) is 0.351. The van der Waals surface area contributed by atoms with E-state index in [4.69, 9.17) is 0 Å². The highest BCUT2D eigenvalue weighted by atomic mass is 19.1. The fraction of sp³-hybridized carbons (Fsp3) is 0.579. The molecule has 5 heteroatoms. The average molecular weight is 334 g/mol. The van der Waals surface area contributed by atoms with E-state index in [1.165, 1.54) is 37.1 Å². The zero-order valence-electron chi connectivity index (χ0n) is 14.5. The molecule has 1 unspecified atom stereocenters. The van der Waals surface area contributed by atoms with Gasteiger partial charge in [-0.25, -0.2) is 4.39 Å². The van der Waals surface area contributed by atoms with E-state index in [0.717, 1.165) is 25.7 Å². The van der Waals surface area contributed by atoms with Gasteiger partial charge in [0.15, 0.2) is 0 Å². The standard InChI is InChI=1S/C19H27FN2O2/c1-13(2)17(19(24)21-16-7-5-3-4-6-8-16)22-18(23)14-9-11-15(20)12-10-14/h9-13,16-17H,3-8H2,1-2H3,(H,21,24)(H,22,23). The Balaban J connectivity index is 1.98. The number of hydrogen-bond acceptors (Lipinski definition) is 2.